The fourth-order valence-corrected chi connectivity index (χ4v) is 2.01. The summed E-state index contributed by atoms with van der Waals surface area (Å²) in [4.78, 5) is 8.88. The van der Waals surface area contributed by atoms with Crippen LogP contribution >= 0.6 is 55.7 Å². The van der Waals surface area contributed by atoms with E-state index in [1.165, 1.54) is 4.67 Å². The maximum absolute atomic E-state index is 10.8. The van der Waals surface area contributed by atoms with Crippen molar-refractivity contribution < 1.29 is 9.46 Å². The van der Waals surface area contributed by atoms with Gasteiger partial charge in [0, 0.05) is 24.8 Å². The van der Waals surface area contributed by atoms with E-state index in [-0.39, 0.29) is 49.7 Å². The van der Waals surface area contributed by atoms with Crippen molar-refractivity contribution in [2.75, 3.05) is 24.8 Å². The van der Waals surface area contributed by atoms with Crippen molar-refractivity contribution >= 4 is 55.7 Å². The molecule has 0 aromatic rings. The molecule has 0 aliphatic heterocycles. The van der Waals surface area contributed by atoms with Gasteiger partial charge in [-0.1, -0.05) is 0 Å². The highest BCUT2D eigenvalue weighted by Gasteiger charge is 2.21. The Balaban J connectivity index is -0.000000500. The van der Waals surface area contributed by atoms with Crippen molar-refractivity contribution in [3.63, 3.8) is 0 Å². The molecule has 0 amide bonds. The maximum atomic E-state index is 10.8. The smallest absolute Gasteiger partial charge is 0.322 e. The van der Waals surface area contributed by atoms with Crippen LogP contribution in [0.5, 0.6) is 0 Å². The van der Waals surface area contributed by atoms with Crippen molar-refractivity contribution in [2.45, 2.75) is 0 Å². The molecule has 9 heteroatoms. The molecule has 0 saturated carbocycles. The van der Waals surface area contributed by atoms with Crippen molar-refractivity contribution in [1.82, 2.24) is 4.67 Å². The molecule has 0 bridgehead atoms. The molecule has 13 heavy (non-hydrogen) atoms. The van der Waals surface area contributed by atoms with Gasteiger partial charge in [0.05, 0.1) is 0 Å². The molecular weight excluding hydrogens is 281 g/mol. The molecule has 0 spiro atoms. The average Bonchev–Trinajstić information content (AvgIpc) is 1.85. The van der Waals surface area contributed by atoms with E-state index < -0.39 is 7.67 Å². The van der Waals surface area contributed by atoms with E-state index in [1.807, 2.05) is 0 Å². The van der Waals surface area contributed by atoms with Crippen LogP contribution in [-0.4, -0.2) is 34.4 Å². The summed E-state index contributed by atoms with van der Waals surface area (Å²) in [5.74, 6) is 0.525. The van der Waals surface area contributed by atoms with Crippen LogP contribution in [-0.2, 0) is 4.57 Å². The Kier molecular flexibility index (Phi) is 14.9. The molecule has 0 heterocycles. The summed E-state index contributed by atoms with van der Waals surface area (Å²) in [5.41, 5.74) is 4.97. The Bertz CT molecular complexity index is 149. The number of hydrogen-bond donors (Lipinski definition) is 2. The van der Waals surface area contributed by atoms with E-state index >= 15 is 0 Å². The lowest BCUT2D eigenvalue weighted by Gasteiger charge is -2.21. The van der Waals surface area contributed by atoms with E-state index in [9.17, 15) is 4.57 Å². The number of rotatable bonds is 5. The average molecular weight is 294 g/mol. The Hall–Kier alpha value is 1.27. The number of halogens is 4. The van der Waals surface area contributed by atoms with Crippen LogP contribution in [0.1, 0.15) is 0 Å². The first kappa shape index (κ1) is 19.8. The lowest BCUT2D eigenvalue weighted by atomic mass is 10.6. The second kappa shape index (κ2) is 9.81. The topological polar surface area (TPSA) is 66.6 Å². The standard InChI is InChI=1S/C4H11Cl2N2O2P.2ClH/c5-1-3-8(4-2-6)11(7,9)10;;/h1-4H2,(H3,7,9,10);2*1H. The maximum Gasteiger partial charge on any atom is 0.338 e. The Morgan fingerprint density at radius 2 is 1.54 bits per heavy atom. The van der Waals surface area contributed by atoms with Crippen LogP contribution in [0.2, 0.25) is 0 Å². The van der Waals surface area contributed by atoms with Crippen molar-refractivity contribution in [3.8, 4) is 0 Å². The third-order valence-electron chi connectivity index (χ3n) is 1.09. The molecule has 1 unspecified atom stereocenters. The van der Waals surface area contributed by atoms with Gasteiger partial charge < -0.3 is 4.89 Å². The fourth-order valence-electron chi connectivity index (χ4n) is 0.593. The summed E-state index contributed by atoms with van der Waals surface area (Å²) in [6, 6.07) is 0. The number of hydrogen-bond acceptors (Lipinski definition) is 1. The first-order valence-electron chi connectivity index (χ1n) is 3.01. The van der Waals surface area contributed by atoms with Crippen LogP contribution in [0.4, 0.5) is 0 Å². The summed E-state index contributed by atoms with van der Waals surface area (Å²) in [5, 5.41) is 0. The zero-order chi connectivity index (χ0) is 8.91. The highest BCUT2D eigenvalue weighted by molar-refractivity contribution is 7.52. The summed E-state index contributed by atoms with van der Waals surface area (Å²) < 4.78 is 12.0. The minimum Gasteiger partial charge on any atom is -0.322 e. The van der Waals surface area contributed by atoms with Gasteiger partial charge in [-0.25, -0.2) is 10.2 Å². The summed E-state index contributed by atoms with van der Waals surface area (Å²) in [6.45, 7) is 0.553. The molecule has 1 atom stereocenters. The number of alkyl halides is 2. The van der Waals surface area contributed by atoms with Crippen molar-refractivity contribution in [1.29, 1.82) is 0 Å². The van der Waals surface area contributed by atoms with Crippen LogP contribution < -0.4 is 5.50 Å². The molecule has 0 aliphatic carbocycles. The lowest BCUT2D eigenvalue weighted by molar-refractivity contribution is 0.368. The minimum atomic E-state index is -3.64. The zero-order valence-electron chi connectivity index (χ0n) is 6.73. The predicted molar refractivity (Wildman–Crippen MR) is 61.5 cm³/mol. The summed E-state index contributed by atoms with van der Waals surface area (Å²) >= 11 is 10.7. The first-order valence-corrected chi connectivity index (χ1v) is 5.76. The van der Waals surface area contributed by atoms with E-state index in [0.717, 1.165) is 0 Å². The molecule has 0 radical (unpaired) electrons. The van der Waals surface area contributed by atoms with Gasteiger partial charge in [-0.2, -0.15) is 0 Å². The van der Waals surface area contributed by atoms with E-state index in [0.29, 0.717) is 0 Å². The largest absolute Gasteiger partial charge is 0.338 e. The van der Waals surface area contributed by atoms with Gasteiger partial charge in [-0.15, -0.1) is 48.0 Å². The third kappa shape index (κ3) is 9.57. The van der Waals surface area contributed by atoms with Gasteiger partial charge in [-0.3, -0.25) is 4.57 Å². The van der Waals surface area contributed by atoms with Crippen molar-refractivity contribution in [3.05, 3.63) is 0 Å². The van der Waals surface area contributed by atoms with E-state index in [4.69, 9.17) is 33.6 Å². The Morgan fingerprint density at radius 3 is 1.69 bits per heavy atom. The molecule has 0 rings (SSSR count). The molecule has 84 valence electrons. The summed E-state index contributed by atoms with van der Waals surface area (Å²) in [6.07, 6.45) is 0. The SMILES string of the molecule is Cl.Cl.NP(=O)(O)N(CCCl)CCCl. The molecule has 0 fully saturated rings. The molecule has 0 aromatic heterocycles. The van der Waals surface area contributed by atoms with Crippen LogP contribution in [0.25, 0.3) is 0 Å². The van der Waals surface area contributed by atoms with Gasteiger partial charge in [0.1, 0.15) is 0 Å². The molecule has 0 aliphatic rings. The van der Waals surface area contributed by atoms with Gasteiger partial charge in [-0.05, 0) is 0 Å². The molecule has 3 N–H and O–H groups in total. The van der Waals surface area contributed by atoms with E-state index in [2.05, 4.69) is 0 Å². The lowest BCUT2D eigenvalue weighted by Crippen LogP contribution is -2.28. The molecule has 4 nitrogen and oxygen atoms in total. The zero-order valence-corrected chi connectivity index (χ0v) is 10.8. The molecular formula is C4H13Cl4N2O2P. The van der Waals surface area contributed by atoms with Gasteiger partial charge in [0.2, 0.25) is 0 Å². The van der Waals surface area contributed by atoms with E-state index in [1.54, 1.807) is 0 Å². The Labute approximate surface area is 100 Å². The second-order valence-electron chi connectivity index (χ2n) is 1.92. The third-order valence-corrected chi connectivity index (χ3v) is 2.64. The number of nitrogens with two attached hydrogens (primary N) is 1. The summed E-state index contributed by atoms with van der Waals surface area (Å²) in [7, 11) is -3.64. The first-order chi connectivity index (χ1) is 5.02. The Morgan fingerprint density at radius 1 is 1.23 bits per heavy atom. The highest BCUT2D eigenvalue weighted by atomic mass is 35.5. The number of nitrogens with zero attached hydrogens (tertiary/aromatic N) is 1. The van der Waals surface area contributed by atoms with Crippen LogP contribution in [0, 0.1) is 0 Å². The second-order valence-corrected chi connectivity index (χ2v) is 4.42. The molecule has 0 saturated heterocycles. The minimum absolute atomic E-state index is 0. The molecule has 0 aromatic carbocycles. The monoisotopic (exact) mass is 292 g/mol. The quantitative estimate of drug-likeness (QED) is 0.598. The highest BCUT2D eigenvalue weighted by Crippen LogP contribution is 2.34. The van der Waals surface area contributed by atoms with Crippen molar-refractivity contribution in [2.24, 2.45) is 5.50 Å². The van der Waals surface area contributed by atoms with Crippen LogP contribution in [0.3, 0.4) is 0 Å². The normalized spacial score (nSPS) is 14.2. The van der Waals surface area contributed by atoms with Crippen LogP contribution in [0.15, 0.2) is 0 Å². The van der Waals surface area contributed by atoms with Gasteiger partial charge in [0.25, 0.3) is 0 Å². The fraction of sp³-hybridized carbons (Fsp3) is 1.00. The van der Waals surface area contributed by atoms with Gasteiger partial charge in [0.15, 0.2) is 0 Å². The predicted octanol–water partition coefficient (Wildman–Crippen LogP) is 1.67. The van der Waals surface area contributed by atoms with Gasteiger partial charge >= 0.3 is 7.67 Å².